The van der Waals surface area contributed by atoms with Crippen molar-refractivity contribution in [2.75, 3.05) is 6.61 Å². The fraction of sp³-hybridized carbons (Fsp3) is 0.545. The molecule has 0 spiro atoms. The highest BCUT2D eigenvalue weighted by molar-refractivity contribution is 5.88. The van der Waals surface area contributed by atoms with Crippen LogP contribution in [0.5, 0.6) is 0 Å². The highest BCUT2D eigenvalue weighted by Crippen LogP contribution is 2.14. The maximum Gasteiger partial charge on any atom is 0.333 e. The molecule has 0 aromatic rings. The van der Waals surface area contributed by atoms with Crippen molar-refractivity contribution in [1.29, 1.82) is 0 Å². The zero-order chi connectivity index (χ0) is 10.3. The maximum atomic E-state index is 11.3. The standard InChI is InChI=1S/C11H18O2/c1-5-8-10(6-2)9(4)11(12)13-7-3/h5H,1,6-8H2,2-4H3. The molecule has 13 heavy (non-hydrogen) atoms. The van der Waals surface area contributed by atoms with E-state index in [-0.39, 0.29) is 5.97 Å². The molecule has 0 bridgehead atoms. The summed E-state index contributed by atoms with van der Waals surface area (Å²) in [4.78, 5) is 11.3. The summed E-state index contributed by atoms with van der Waals surface area (Å²) in [6, 6.07) is 0. The SMILES string of the molecule is C=CCC(CC)=C(C)C(=O)OCC. The van der Waals surface area contributed by atoms with Gasteiger partial charge >= 0.3 is 5.97 Å². The summed E-state index contributed by atoms with van der Waals surface area (Å²) in [5.74, 6) is -0.207. The Balaban J connectivity index is 4.52. The minimum absolute atomic E-state index is 0.207. The summed E-state index contributed by atoms with van der Waals surface area (Å²) in [7, 11) is 0. The largest absolute Gasteiger partial charge is 0.463 e. The van der Waals surface area contributed by atoms with Crippen LogP contribution in [-0.2, 0) is 9.53 Å². The molecule has 0 aliphatic rings. The zero-order valence-corrected chi connectivity index (χ0v) is 8.72. The summed E-state index contributed by atoms with van der Waals surface area (Å²) >= 11 is 0. The Kier molecular flexibility index (Phi) is 5.94. The van der Waals surface area contributed by atoms with E-state index in [9.17, 15) is 4.79 Å². The molecule has 0 fully saturated rings. The predicted molar refractivity (Wildman–Crippen MR) is 54.4 cm³/mol. The van der Waals surface area contributed by atoms with Gasteiger partial charge in [0.1, 0.15) is 0 Å². The molecule has 2 heteroatoms. The van der Waals surface area contributed by atoms with Crippen LogP contribution >= 0.6 is 0 Å². The normalized spacial score (nSPS) is 11.9. The van der Waals surface area contributed by atoms with Crippen molar-refractivity contribution in [2.24, 2.45) is 0 Å². The minimum atomic E-state index is -0.207. The highest BCUT2D eigenvalue weighted by atomic mass is 16.5. The van der Waals surface area contributed by atoms with E-state index in [0.717, 1.165) is 24.0 Å². The lowest BCUT2D eigenvalue weighted by molar-refractivity contribution is -0.138. The van der Waals surface area contributed by atoms with Crippen LogP contribution in [0, 0.1) is 0 Å². The molecular formula is C11H18O2. The van der Waals surface area contributed by atoms with Gasteiger partial charge in [-0.2, -0.15) is 0 Å². The van der Waals surface area contributed by atoms with E-state index in [1.807, 2.05) is 19.9 Å². The van der Waals surface area contributed by atoms with Crippen LogP contribution in [0.15, 0.2) is 23.8 Å². The van der Waals surface area contributed by atoms with Gasteiger partial charge in [-0.3, -0.25) is 0 Å². The number of carbonyl (C=O) groups is 1. The lowest BCUT2D eigenvalue weighted by Crippen LogP contribution is -2.07. The molecule has 0 aromatic heterocycles. The number of allylic oxidation sites excluding steroid dienone is 2. The Morgan fingerprint density at radius 2 is 2.08 bits per heavy atom. The number of rotatable bonds is 5. The van der Waals surface area contributed by atoms with Crippen LogP contribution in [0.4, 0.5) is 0 Å². The Morgan fingerprint density at radius 1 is 1.46 bits per heavy atom. The summed E-state index contributed by atoms with van der Waals surface area (Å²) in [6.45, 7) is 9.73. The Hall–Kier alpha value is -1.05. The van der Waals surface area contributed by atoms with Gasteiger partial charge in [0.05, 0.1) is 6.61 Å². The van der Waals surface area contributed by atoms with E-state index < -0.39 is 0 Å². The van der Waals surface area contributed by atoms with Gasteiger partial charge < -0.3 is 4.74 Å². The fourth-order valence-corrected chi connectivity index (χ4v) is 1.12. The quantitative estimate of drug-likeness (QED) is 0.371. The van der Waals surface area contributed by atoms with Gasteiger partial charge in [-0.25, -0.2) is 4.79 Å². The monoisotopic (exact) mass is 182 g/mol. The van der Waals surface area contributed by atoms with Crippen molar-refractivity contribution in [3.8, 4) is 0 Å². The van der Waals surface area contributed by atoms with E-state index in [1.54, 1.807) is 6.92 Å². The summed E-state index contributed by atoms with van der Waals surface area (Å²) in [6.07, 6.45) is 3.44. The molecule has 74 valence electrons. The van der Waals surface area contributed by atoms with Crippen LogP contribution in [-0.4, -0.2) is 12.6 Å². The Labute approximate surface area is 80.3 Å². The number of ether oxygens (including phenoxy) is 1. The first-order valence-corrected chi connectivity index (χ1v) is 4.63. The Morgan fingerprint density at radius 3 is 2.46 bits per heavy atom. The minimum Gasteiger partial charge on any atom is -0.463 e. The maximum absolute atomic E-state index is 11.3. The van der Waals surface area contributed by atoms with Crippen molar-refractivity contribution in [1.82, 2.24) is 0 Å². The summed E-state index contributed by atoms with van der Waals surface area (Å²) < 4.78 is 4.90. The first kappa shape index (κ1) is 11.9. The smallest absolute Gasteiger partial charge is 0.333 e. The van der Waals surface area contributed by atoms with Crippen LogP contribution in [0.1, 0.15) is 33.6 Å². The van der Waals surface area contributed by atoms with Crippen molar-refractivity contribution in [2.45, 2.75) is 33.6 Å². The number of hydrogen-bond donors (Lipinski definition) is 0. The van der Waals surface area contributed by atoms with Crippen molar-refractivity contribution in [3.63, 3.8) is 0 Å². The first-order valence-electron chi connectivity index (χ1n) is 4.63. The van der Waals surface area contributed by atoms with Gasteiger partial charge in [-0.15, -0.1) is 6.58 Å². The predicted octanol–water partition coefficient (Wildman–Crippen LogP) is 2.85. The highest BCUT2D eigenvalue weighted by Gasteiger charge is 2.08. The lowest BCUT2D eigenvalue weighted by atomic mass is 10.0. The second-order valence-corrected chi connectivity index (χ2v) is 2.80. The van der Waals surface area contributed by atoms with Gasteiger partial charge in [-0.05, 0) is 26.7 Å². The molecule has 0 heterocycles. The topological polar surface area (TPSA) is 26.3 Å². The van der Waals surface area contributed by atoms with Gasteiger partial charge in [0.15, 0.2) is 0 Å². The third-order valence-electron chi connectivity index (χ3n) is 1.93. The average Bonchev–Trinajstić information content (AvgIpc) is 2.13. The average molecular weight is 182 g/mol. The first-order chi connectivity index (χ1) is 6.17. The fourth-order valence-electron chi connectivity index (χ4n) is 1.12. The molecule has 0 unspecified atom stereocenters. The van der Waals surface area contributed by atoms with Crippen LogP contribution in [0.2, 0.25) is 0 Å². The second kappa shape index (κ2) is 6.46. The van der Waals surface area contributed by atoms with E-state index in [1.165, 1.54) is 0 Å². The molecule has 2 nitrogen and oxygen atoms in total. The Bertz CT molecular complexity index is 214. The lowest BCUT2D eigenvalue weighted by Gasteiger charge is -2.07. The van der Waals surface area contributed by atoms with Crippen LogP contribution in [0.3, 0.4) is 0 Å². The second-order valence-electron chi connectivity index (χ2n) is 2.80. The van der Waals surface area contributed by atoms with Crippen molar-refractivity contribution in [3.05, 3.63) is 23.8 Å². The van der Waals surface area contributed by atoms with Gasteiger partial charge in [0, 0.05) is 5.57 Å². The zero-order valence-electron chi connectivity index (χ0n) is 8.72. The molecule has 0 amide bonds. The summed E-state index contributed by atoms with van der Waals surface area (Å²) in [5.41, 5.74) is 1.83. The van der Waals surface area contributed by atoms with E-state index in [0.29, 0.717) is 6.61 Å². The molecule has 0 N–H and O–H groups in total. The van der Waals surface area contributed by atoms with Crippen molar-refractivity contribution < 1.29 is 9.53 Å². The molecule has 0 rings (SSSR count). The molecule has 0 saturated carbocycles. The van der Waals surface area contributed by atoms with Gasteiger partial charge in [0.2, 0.25) is 0 Å². The molecule has 0 atom stereocenters. The van der Waals surface area contributed by atoms with E-state index in [2.05, 4.69) is 6.58 Å². The summed E-state index contributed by atoms with van der Waals surface area (Å²) in [5, 5.41) is 0. The number of esters is 1. The van der Waals surface area contributed by atoms with Gasteiger partial charge in [0.25, 0.3) is 0 Å². The van der Waals surface area contributed by atoms with Crippen LogP contribution in [0.25, 0.3) is 0 Å². The molecular weight excluding hydrogens is 164 g/mol. The van der Waals surface area contributed by atoms with Crippen molar-refractivity contribution >= 4 is 5.97 Å². The molecule has 0 radical (unpaired) electrons. The van der Waals surface area contributed by atoms with Crippen LogP contribution < -0.4 is 0 Å². The third kappa shape index (κ3) is 3.92. The van der Waals surface area contributed by atoms with E-state index in [4.69, 9.17) is 4.74 Å². The molecule has 0 aliphatic carbocycles. The number of hydrogen-bond acceptors (Lipinski definition) is 2. The molecule has 0 aromatic carbocycles. The number of carbonyl (C=O) groups excluding carboxylic acids is 1. The van der Waals surface area contributed by atoms with Gasteiger partial charge in [-0.1, -0.05) is 18.6 Å². The molecule has 0 saturated heterocycles. The third-order valence-corrected chi connectivity index (χ3v) is 1.93. The van der Waals surface area contributed by atoms with E-state index >= 15 is 0 Å². The molecule has 0 aliphatic heterocycles.